The van der Waals surface area contributed by atoms with Crippen molar-refractivity contribution in [3.05, 3.63) is 0 Å². The molecule has 5 heteroatoms. The molecule has 1 saturated carbocycles. The summed E-state index contributed by atoms with van der Waals surface area (Å²) in [5, 5.41) is 9.29. The van der Waals surface area contributed by atoms with Gasteiger partial charge in [0.15, 0.2) is 0 Å². The summed E-state index contributed by atoms with van der Waals surface area (Å²) in [6.45, 7) is 2.06. The Morgan fingerprint density at radius 1 is 1.33 bits per heavy atom. The van der Waals surface area contributed by atoms with Crippen molar-refractivity contribution in [2.75, 3.05) is 20.3 Å². The van der Waals surface area contributed by atoms with Gasteiger partial charge in [-0.25, -0.2) is 0 Å². The number of hydrogen-bond donors (Lipinski definition) is 1. The van der Waals surface area contributed by atoms with Gasteiger partial charge in [-0.1, -0.05) is 13.3 Å². The Labute approximate surface area is 107 Å². The average Bonchev–Trinajstić information content (AvgIpc) is 2.89. The van der Waals surface area contributed by atoms with E-state index < -0.39 is 6.04 Å². The zero-order valence-corrected chi connectivity index (χ0v) is 11.0. The molecule has 1 aliphatic carbocycles. The van der Waals surface area contributed by atoms with Crippen LogP contribution >= 0.6 is 0 Å². The second-order valence-electron chi connectivity index (χ2n) is 5.30. The lowest BCUT2D eigenvalue weighted by Gasteiger charge is -2.25. The van der Waals surface area contributed by atoms with Crippen LogP contribution in [-0.4, -0.2) is 48.2 Å². The number of aliphatic hydroxyl groups is 1. The molecule has 102 valence electrons. The minimum Gasteiger partial charge on any atom is -0.394 e. The zero-order valence-electron chi connectivity index (χ0n) is 11.0. The number of amides is 2. The predicted octanol–water partition coefficient (Wildman–Crippen LogP) is 0.415. The van der Waals surface area contributed by atoms with Crippen LogP contribution in [0.2, 0.25) is 0 Å². The van der Waals surface area contributed by atoms with E-state index in [1.165, 1.54) is 12.0 Å². The molecule has 5 nitrogen and oxygen atoms in total. The van der Waals surface area contributed by atoms with Crippen molar-refractivity contribution in [3.63, 3.8) is 0 Å². The maximum Gasteiger partial charge on any atom is 0.233 e. The molecule has 3 unspecified atom stereocenters. The van der Waals surface area contributed by atoms with Crippen molar-refractivity contribution in [3.8, 4) is 0 Å². The van der Waals surface area contributed by atoms with Crippen LogP contribution in [0.5, 0.6) is 0 Å². The standard InChI is InChI=1S/C13H21NO4/c1-3-8-4-10-11(5-8)13(17)14(12(10)16)9(6-15)7-18-2/h8-11,15H,3-7H2,1-2H3. The highest BCUT2D eigenvalue weighted by Gasteiger charge is 2.53. The molecular weight excluding hydrogens is 234 g/mol. The lowest BCUT2D eigenvalue weighted by molar-refractivity contribution is -0.145. The maximum atomic E-state index is 12.3. The first-order valence-corrected chi connectivity index (χ1v) is 6.60. The van der Waals surface area contributed by atoms with Crippen molar-refractivity contribution in [2.24, 2.45) is 17.8 Å². The van der Waals surface area contributed by atoms with Crippen LogP contribution in [0.25, 0.3) is 0 Å². The first kappa shape index (κ1) is 13.5. The first-order valence-electron chi connectivity index (χ1n) is 6.60. The van der Waals surface area contributed by atoms with Crippen LogP contribution < -0.4 is 0 Å². The molecule has 0 bridgehead atoms. The Morgan fingerprint density at radius 3 is 2.28 bits per heavy atom. The summed E-state index contributed by atoms with van der Waals surface area (Å²) in [7, 11) is 1.50. The van der Waals surface area contributed by atoms with E-state index in [1.54, 1.807) is 0 Å². The summed E-state index contributed by atoms with van der Waals surface area (Å²) in [5.74, 6) is -0.0548. The molecule has 18 heavy (non-hydrogen) atoms. The molecule has 1 N–H and O–H groups in total. The Hall–Kier alpha value is -0.940. The number of carbonyl (C=O) groups is 2. The molecule has 3 atom stereocenters. The lowest BCUT2D eigenvalue weighted by Crippen LogP contribution is -2.46. The van der Waals surface area contributed by atoms with Crippen LogP contribution in [0.1, 0.15) is 26.2 Å². The van der Waals surface area contributed by atoms with E-state index in [0.29, 0.717) is 5.92 Å². The second-order valence-corrected chi connectivity index (χ2v) is 5.30. The molecule has 2 fully saturated rings. The van der Waals surface area contributed by atoms with Gasteiger partial charge in [0.2, 0.25) is 11.8 Å². The molecule has 1 saturated heterocycles. The molecule has 2 amide bonds. The number of carbonyl (C=O) groups excluding carboxylic acids is 2. The molecule has 0 radical (unpaired) electrons. The fourth-order valence-electron chi connectivity index (χ4n) is 3.25. The van der Waals surface area contributed by atoms with Crippen LogP contribution in [0.3, 0.4) is 0 Å². The Kier molecular flexibility index (Phi) is 4.02. The Morgan fingerprint density at radius 2 is 1.89 bits per heavy atom. The van der Waals surface area contributed by atoms with Crippen molar-refractivity contribution in [2.45, 2.75) is 32.2 Å². The lowest BCUT2D eigenvalue weighted by atomic mass is 10.00. The van der Waals surface area contributed by atoms with Crippen LogP contribution in [0, 0.1) is 17.8 Å². The molecule has 2 aliphatic rings. The van der Waals surface area contributed by atoms with E-state index in [9.17, 15) is 14.7 Å². The third-order valence-electron chi connectivity index (χ3n) is 4.28. The molecule has 2 rings (SSSR count). The van der Waals surface area contributed by atoms with Crippen LogP contribution in [0.4, 0.5) is 0 Å². The number of aliphatic hydroxyl groups excluding tert-OH is 1. The summed E-state index contributed by atoms with van der Waals surface area (Å²) in [5.41, 5.74) is 0. The summed E-state index contributed by atoms with van der Waals surface area (Å²) >= 11 is 0. The molecular formula is C13H21NO4. The van der Waals surface area contributed by atoms with Gasteiger partial charge in [-0.05, 0) is 18.8 Å². The normalized spacial score (nSPS) is 33.1. The topological polar surface area (TPSA) is 66.8 Å². The fourth-order valence-corrected chi connectivity index (χ4v) is 3.25. The van der Waals surface area contributed by atoms with Crippen molar-refractivity contribution >= 4 is 11.8 Å². The number of hydrogen-bond acceptors (Lipinski definition) is 4. The van der Waals surface area contributed by atoms with Gasteiger partial charge in [-0.15, -0.1) is 0 Å². The quantitative estimate of drug-likeness (QED) is 0.723. The molecule has 1 aliphatic heterocycles. The zero-order chi connectivity index (χ0) is 13.3. The molecule has 0 aromatic heterocycles. The summed E-state index contributed by atoms with van der Waals surface area (Å²) in [4.78, 5) is 25.8. The van der Waals surface area contributed by atoms with Crippen molar-refractivity contribution in [1.82, 2.24) is 4.90 Å². The number of methoxy groups -OCH3 is 1. The molecule has 0 aromatic carbocycles. The van der Waals surface area contributed by atoms with Gasteiger partial charge in [0.1, 0.15) is 0 Å². The summed E-state index contributed by atoms with van der Waals surface area (Å²) < 4.78 is 4.96. The summed E-state index contributed by atoms with van der Waals surface area (Å²) in [6.07, 6.45) is 2.65. The van der Waals surface area contributed by atoms with Gasteiger partial charge < -0.3 is 9.84 Å². The highest BCUT2D eigenvalue weighted by molar-refractivity contribution is 6.05. The number of likely N-dealkylation sites (tertiary alicyclic amines) is 1. The summed E-state index contributed by atoms with van der Waals surface area (Å²) in [6, 6.07) is -0.527. The van der Waals surface area contributed by atoms with E-state index in [1.807, 2.05) is 0 Å². The van der Waals surface area contributed by atoms with Gasteiger partial charge in [0.25, 0.3) is 0 Å². The van der Waals surface area contributed by atoms with Gasteiger partial charge in [0.05, 0.1) is 31.1 Å². The fraction of sp³-hybridized carbons (Fsp3) is 0.846. The maximum absolute atomic E-state index is 12.3. The Balaban J connectivity index is 2.13. The van der Waals surface area contributed by atoms with Gasteiger partial charge in [0, 0.05) is 7.11 Å². The SMILES string of the molecule is CCC1CC2C(=O)N(C(CO)COC)C(=O)C2C1. The van der Waals surface area contributed by atoms with Crippen molar-refractivity contribution < 1.29 is 19.4 Å². The molecule has 1 heterocycles. The van der Waals surface area contributed by atoms with E-state index in [4.69, 9.17) is 4.74 Å². The van der Waals surface area contributed by atoms with E-state index in [2.05, 4.69) is 6.92 Å². The number of fused-ring (bicyclic) bond motifs is 1. The average molecular weight is 255 g/mol. The van der Waals surface area contributed by atoms with Crippen LogP contribution in [-0.2, 0) is 14.3 Å². The third-order valence-corrected chi connectivity index (χ3v) is 4.28. The monoisotopic (exact) mass is 255 g/mol. The highest BCUT2D eigenvalue weighted by atomic mass is 16.5. The van der Waals surface area contributed by atoms with Crippen LogP contribution in [0.15, 0.2) is 0 Å². The molecule has 0 aromatic rings. The number of rotatable bonds is 5. The Bertz CT molecular complexity index is 320. The minimum atomic E-state index is -0.527. The van der Waals surface area contributed by atoms with Gasteiger partial charge in [-0.2, -0.15) is 0 Å². The molecule has 0 spiro atoms. The first-order chi connectivity index (χ1) is 8.63. The predicted molar refractivity (Wildman–Crippen MR) is 64.6 cm³/mol. The van der Waals surface area contributed by atoms with Gasteiger partial charge in [-0.3, -0.25) is 14.5 Å². The highest BCUT2D eigenvalue weighted by Crippen LogP contribution is 2.44. The number of imide groups is 1. The largest absolute Gasteiger partial charge is 0.394 e. The van der Waals surface area contributed by atoms with E-state index in [0.717, 1.165) is 19.3 Å². The van der Waals surface area contributed by atoms with Gasteiger partial charge >= 0.3 is 0 Å². The van der Waals surface area contributed by atoms with E-state index >= 15 is 0 Å². The number of ether oxygens (including phenoxy) is 1. The van der Waals surface area contributed by atoms with Crippen molar-refractivity contribution in [1.29, 1.82) is 0 Å². The smallest absolute Gasteiger partial charge is 0.233 e. The minimum absolute atomic E-state index is 0.114. The number of nitrogens with zero attached hydrogens (tertiary/aromatic N) is 1. The third kappa shape index (κ3) is 2.06. The van der Waals surface area contributed by atoms with E-state index in [-0.39, 0.29) is 36.9 Å². The second kappa shape index (κ2) is 5.36.